The molecule has 5 nitrogen and oxygen atoms in total. The third-order valence-electron chi connectivity index (χ3n) is 3.67. The van der Waals surface area contributed by atoms with E-state index in [0.29, 0.717) is 6.42 Å². The summed E-state index contributed by atoms with van der Waals surface area (Å²) < 4.78 is 23.4. The first-order valence-electron chi connectivity index (χ1n) is 5.85. The van der Waals surface area contributed by atoms with Crippen molar-refractivity contribution in [2.75, 3.05) is 44.3 Å². The fraction of sp³-hybridized carbons (Fsp3) is 1.00. The molecule has 94 valence electrons. The molecule has 2 heterocycles. The summed E-state index contributed by atoms with van der Waals surface area (Å²) >= 11 is 0. The third kappa shape index (κ3) is 2.40. The number of aliphatic hydroxyl groups is 1. The largest absolute Gasteiger partial charge is 0.394 e. The van der Waals surface area contributed by atoms with Crippen molar-refractivity contribution in [1.29, 1.82) is 0 Å². The number of rotatable bonds is 2. The van der Waals surface area contributed by atoms with Crippen molar-refractivity contribution < 1.29 is 13.5 Å². The second-order valence-corrected chi connectivity index (χ2v) is 7.00. The van der Waals surface area contributed by atoms with Gasteiger partial charge in [0, 0.05) is 26.2 Å². The molecule has 6 heteroatoms. The molecule has 0 radical (unpaired) electrons. The summed E-state index contributed by atoms with van der Waals surface area (Å²) in [5.41, 5.74) is -0.515. The molecular weight excluding hydrogens is 228 g/mol. The molecule has 2 N–H and O–H groups in total. The zero-order chi connectivity index (χ0) is 11.6. The topological polar surface area (TPSA) is 69.6 Å². The summed E-state index contributed by atoms with van der Waals surface area (Å²) in [6.45, 7) is 3.36. The van der Waals surface area contributed by atoms with Gasteiger partial charge >= 0.3 is 0 Å². The van der Waals surface area contributed by atoms with Crippen molar-refractivity contribution >= 4 is 9.84 Å². The van der Waals surface area contributed by atoms with Gasteiger partial charge < -0.3 is 10.4 Å². The van der Waals surface area contributed by atoms with Crippen LogP contribution >= 0.6 is 0 Å². The molecule has 1 unspecified atom stereocenters. The highest BCUT2D eigenvalue weighted by Crippen LogP contribution is 2.29. The van der Waals surface area contributed by atoms with E-state index >= 15 is 0 Å². The molecule has 2 aliphatic heterocycles. The number of nitrogens with one attached hydrogen (secondary N) is 1. The lowest BCUT2D eigenvalue weighted by Crippen LogP contribution is -2.62. The fourth-order valence-electron chi connectivity index (χ4n) is 2.79. The fourth-order valence-corrected chi connectivity index (χ4v) is 4.75. The van der Waals surface area contributed by atoms with E-state index in [-0.39, 0.29) is 18.1 Å². The molecule has 2 rings (SSSR count). The molecule has 0 aromatic heterocycles. The van der Waals surface area contributed by atoms with E-state index in [2.05, 4.69) is 10.2 Å². The van der Waals surface area contributed by atoms with Crippen molar-refractivity contribution in [3.8, 4) is 0 Å². The Balaban J connectivity index is 2.17. The Kier molecular flexibility index (Phi) is 3.53. The average Bonchev–Trinajstić information content (AvgIpc) is 2.29. The van der Waals surface area contributed by atoms with Gasteiger partial charge in [-0.25, -0.2) is 8.42 Å². The van der Waals surface area contributed by atoms with Crippen LogP contribution in [0.25, 0.3) is 0 Å². The van der Waals surface area contributed by atoms with Gasteiger partial charge in [-0.15, -0.1) is 0 Å². The van der Waals surface area contributed by atoms with Gasteiger partial charge in [-0.2, -0.15) is 0 Å². The van der Waals surface area contributed by atoms with Crippen LogP contribution in [0.1, 0.15) is 12.8 Å². The van der Waals surface area contributed by atoms with Crippen molar-refractivity contribution in [2.45, 2.75) is 18.4 Å². The second kappa shape index (κ2) is 4.60. The SMILES string of the molecule is O=S1(=O)CCCC(CO)(N2CCNCC2)C1. The highest BCUT2D eigenvalue weighted by Gasteiger charge is 2.43. The van der Waals surface area contributed by atoms with Gasteiger partial charge in [0.1, 0.15) is 0 Å². The van der Waals surface area contributed by atoms with E-state index in [1.807, 2.05) is 0 Å². The van der Waals surface area contributed by atoms with E-state index in [4.69, 9.17) is 0 Å². The van der Waals surface area contributed by atoms with Gasteiger partial charge in [-0.05, 0) is 12.8 Å². The summed E-state index contributed by atoms with van der Waals surface area (Å²) in [5, 5.41) is 12.8. The molecule has 2 saturated heterocycles. The van der Waals surface area contributed by atoms with Crippen LogP contribution in [0.4, 0.5) is 0 Å². The Bertz CT molecular complexity index is 338. The van der Waals surface area contributed by atoms with Crippen molar-refractivity contribution in [3.05, 3.63) is 0 Å². The van der Waals surface area contributed by atoms with E-state index in [1.165, 1.54) is 0 Å². The smallest absolute Gasteiger partial charge is 0.152 e. The van der Waals surface area contributed by atoms with E-state index in [0.717, 1.165) is 32.6 Å². The Morgan fingerprint density at radius 2 is 2.00 bits per heavy atom. The van der Waals surface area contributed by atoms with Crippen molar-refractivity contribution in [1.82, 2.24) is 10.2 Å². The standard InChI is InChI=1S/C10H20N2O3S/c13-8-10(12-5-3-11-4-6-12)2-1-7-16(14,15)9-10/h11,13H,1-9H2. The number of aliphatic hydroxyl groups excluding tert-OH is 1. The summed E-state index contributed by atoms with van der Waals surface area (Å²) in [4.78, 5) is 2.15. The van der Waals surface area contributed by atoms with Crippen LogP contribution in [0.3, 0.4) is 0 Å². The van der Waals surface area contributed by atoms with Crippen molar-refractivity contribution in [2.24, 2.45) is 0 Å². The van der Waals surface area contributed by atoms with Crippen LogP contribution in [0.15, 0.2) is 0 Å². The maximum atomic E-state index is 11.7. The molecule has 2 aliphatic rings. The first-order valence-corrected chi connectivity index (χ1v) is 7.67. The van der Waals surface area contributed by atoms with Crippen LogP contribution in [0.5, 0.6) is 0 Å². The number of hydrogen-bond donors (Lipinski definition) is 2. The molecule has 2 fully saturated rings. The second-order valence-electron chi connectivity index (χ2n) is 4.82. The minimum absolute atomic E-state index is 0.0494. The quantitative estimate of drug-likeness (QED) is 0.644. The molecule has 0 spiro atoms. The van der Waals surface area contributed by atoms with Gasteiger partial charge in [0.25, 0.3) is 0 Å². The predicted molar refractivity (Wildman–Crippen MR) is 62.1 cm³/mol. The van der Waals surface area contributed by atoms with Gasteiger partial charge in [0.2, 0.25) is 0 Å². The zero-order valence-corrected chi connectivity index (χ0v) is 10.3. The van der Waals surface area contributed by atoms with Crippen LogP contribution in [0, 0.1) is 0 Å². The molecule has 1 atom stereocenters. The number of nitrogens with zero attached hydrogens (tertiary/aromatic N) is 1. The van der Waals surface area contributed by atoms with E-state index < -0.39 is 15.4 Å². The lowest BCUT2D eigenvalue weighted by atomic mass is 9.93. The number of piperazine rings is 1. The first-order chi connectivity index (χ1) is 7.58. The minimum atomic E-state index is -2.97. The maximum absolute atomic E-state index is 11.7. The molecule has 0 saturated carbocycles. The summed E-state index contributed by atoms with van der Waals surface area (Å²) in [5.74, 6) is 0.400. The number of hydrogen-bond acceptors (Lipinski definition) is 5. The van der Waals surface area contributed by atoms with Crippen LogP contribution < -0.4 is 5.32 Å². The predicted octanol–water partition coefficient (Wildman–Crippen LogP) is -1.17. The van der Waals surface area contributed by atoms with Crippen LogP contribution in [-0.2, 0) is 9.84 Å². The van der Waals surface area contributed by atoms with Gasteiger partial charge in [-0.1, -0.05) is 0 Å². The Labute approximate surface area is 96.7 Å². The zero-order valence-electron chi connectivity index (χ0n) is 9.48. The van der Waals surface area contributed by atoms with Crippen LogP contribution in [-0.4, -0.2) is 68.3 Å². The lowest BCUT2D eigenvalue weighted by Gasteiger charge is -2.46. The Morgan fingerprint density at radius 3 is 2.56 bits per heavy atom. The molecule has 0 amide bonds. The normalized spacial score (nSPS) is 36.1. The minimum Gasteiger partial charge on any atom is -0.394 e. The molecule has 0 aliphatic carbocycles. The van der Waals surface area contributed by atoms with E-state index in [1.54, 1.807) is 0 Å². The highest BCUT2D eigenvalue weighted by atomic mass is 32.2. The highest BCUT2D eigenvalue weighted by molar-refractivity contribution is 7.91. The molecule has 16 heavy (non-hydrogen) atoms. The van der Waals surface area contributed by atoms with Gasteiger partial charge in [-0.3, -0.25) is 4.90 Å². The Hall–Kier alpha value is -0.170. The molecule has 0 bridgehead atoms. The maximum Gasteiger partial charge on any atom is 0.152 e. The van der Waals surface area contributed by atoms with Gasteiger partial charge in [0.15, 0.2) is 9.84 Å². The monoisotopic (exact) mass is 248 g/mol. The summed E-state index contributed by atoms with van der Waals surface area (Å²) in [6.07, 6.45) is 1.47. The number of sulfone groups is 1. The van der Waals surface area contributed by atoms with Crippen molar-refractivity contribution in [3.63, 3.8) is 0 Å². The lowest BCUT2D eigenvalue weighted by molar-refractivity contribution is 0.0269. The summed E-state index contributed by atoms with van der Waals surface area (Å²) in [7, 11) is -2.97. The average molecular weight is 248 g/mol. The summed E-state index contributed by atoms with van der Waals surface area (Å²) in [6, 6.07) is 0. The third-order valence-corrected chi connectivity index (χ3v) is 5.56. The molecule has 0 aromatic rings. The Morgan fingerprint density at radius 1 is 1.31 bits per heavy atom. The molecule has 0 aromatic carbocycles. The first kappa shape index (κ1) is 12.3. The molecular formula is C10H20N2O3S. The van der Waals surface area contributed by atoms with Gasteiger partial charge in [0.05, 0.1) is 23.7 Å². The van der Waals surface area contributed by atoms with E-state index in [9.17, 15) is 13.5 Å². The van der Waals surface area contributed by atoms with Crippen LogP contribution in [0.2, 0.25) is 0 Å².